The van der Waals surface area contributed by atoms with Gasteiger partial charge in [0.1, 0.15) is 5.82 Å². The van der Waals surface area contributed by atoms with Crippen LogP contribution in [0.15, 0.2) is 6.20 Å². The first kappa shape index (κ1) is 10.3. The molecular formula is C10H19N3. The summed E-state index contributed by atoms with van der Waals surface area (Å²) in [6, 6.07) is 0. The summed E-state index contributed by atoms with van der Waals surface area (Å²) < 4.78 is 2.18. The van der Waals surface area contributed by atoms with Crippen LogP contribution in [0.3, 0.4) is 0 Å². The van der Waals surface area contributed by atoms with Crippen LogP contribution in [0.5, 0.6) is 0 Å². The highest BCUT2D eigenvalue weighted by Crippen LogP contribution is 2.08. The van der Waals surface area contributed by atoms with E-state index in [0.717, 1.165) is 13.0 Å². The van der Waals surface area contributed by atoms with E-state index in [1.54, 1.807) is 0 Å². The third-order valence-electron chi connectivity index (χ3n) is 2.13. The summed E-state index contributed by atoms with van der Waals surface area (Å²) in [7, 11) is 4.03. The highest BCUT2D eigenvalue weighted by Gasteiger charge is 2.06. The quantitative estimate of drug-likeness (QED) is 0.759. The topological polar surface area (TPSA) is 29.9 Å². The van der Waals surface area contributed by atoms with Gasteiger partial charge in [0.2, 0.25) is 0 Å². The van der Waals surface area contributed by atoms with E-state index in [4.69, 9.17) is 0 Å². The summed E-state index contributed by atoms with van der Waals surface area (Å²) in [6.07, 6.45) is 3.01. The van der Waals surface area contributed by atoms with Gasteiger partial charge in [-0.15, -0.1) is 0 Å². The Morgan fingerprint density at radius 3 is 2.77 bits per heavy atom. The van der Waals surface area contributed by atoms with Crippen molar-refractivity contribution in [3.05, 3.63) is 17.7 Å². The van der Waals surface area contributed by atoms with Crippen LogP contribution < -0.4 is 5.32 Å². The lowest BCUT2D eigenvalue weighted by Gasteiger charge is -2.07. The Bertz CT molecular complexity index is 263. The Kier molecular flexibility index (Phi) is 3.48. The fraction of sp³-hybridized carbons (Fsp3) is 0.700. The molecule has 1 aromatic heterocycles. The van der Waals surface area contributed by atoms with Gasteiger partial charge in [0.25, 0.3) is 0 Å². The third kappa shape index (κ3) is 2.56. The molecule has 0 amide bonds. The van der Waals surface area contributed by atoms with Crippen molar-refractivity contribution in [1.82, 2.24) is 14.9 Å². The summed E-state index contributed by atoms with van der Waals surface area (Å²) >= 11 is 0. The number of nitrogens with zero attached hydrogens (tertiary/aromatic N) is 2. The second kappa shape index (κ2) is 4.42. The second-order valence-electron chi connectivity index (χ2n) is 3.85. The molecule has 0 spiro atoms. The lowest BCUT2D eigenvalue weighted by atomic mass is 10.1. The highest BCUT2D eigenvalue weighted by atomic mass is 15.1. The van der Waals surface area contributed by atoms with Crippen molar-refractivity contribution in [1.29, 1.82) is 0 Å². The zero-order chi connectivity index (χ0) is 9.84. The Morgan fingerprint density at radius 2 is 2.23 bits per heavy atom. The highest BCUT2D eigenvalue weighted by molar-refractivity contribution is 5.05. The molecule has 0 radical (unpaired) electrons. The first-order chi connectivity index (χ1) is 6.15. The van der Waals surface area contributed by atoms with Gasteiger partial charge in [0, 0.05) is 26.2 Å². The summed E-state index contributed by atoms with van der Waals surface area (Å²) in [5.74, 6) is 1.85. The molecule has 13 heavy (non-hydrogen) atoms. The van der Waals surface area contributed by atoms with Gasteiger partial charge in [0.15, 0.2) is 0 Å². The average molecular weight is 181 g/mol. The molecule has 0 bridgehead atoms. The molecule has 0 fully saturated rings. The van der Waals surface area contributed by atoms with Gasteiger partial charge in [-0.25, -0.2) is 4.98 Å². The summed E-state index contributed by atoms with van der Waals surface area (Å²) in [6.45, 7) is 5.32. The third-order valence-corrected chi connectivity index (χ3v) is 2.13. The molecule has 1 aromatic rings. The Labute approximate surface area is 80.2 Å². The van der Waals surface area contributed by atoms with E-state index < -0.39 is 0 Å². The molecule has 1 heterocycles. The zero-order valence-electron chi connectivity index (χ0n) is 8.96. The van der Waals surface area contributed by atoms with E-state index in [-0.39, 0.29) is 0 Å². The largest absolute Gasteiger partial charge is 0.334 e. The molecule has 0 aliphatic rings. The van der Waals surface area contributed by atoms with Crippen LogP contribution >= 0.6 is 0 Å². The predicted octanol–water partition coefficient (Wildman–Crippen LogP) is 1.34. The van der Waals surface area contributed by atoms with Crippen molar-refractivity contribution in [2.24, 2.45) is 13.0 Å². The number of hydrogen-bond donors (Lipinski definition) is 1. The minimum absolute atomic E-state index is 0.670. The number of aromatic nitrogens is 2. The van der Waals surface area contributed by atoms with Crippen molar-refractivity contribution in [3.63, 3.8) is 0 Å². The summed E-state index contributed by atoms with van der Waals surface area (Å²) in [5, 5.41) is 3.13. The molecule has 0 aliphatic heterocycles. The SMILES string of the molecule is CNCc1cnc(CC(C)C)n1C. The molecule has 0 atom stereocenters. The number of rotatable bonds is 4. The molecular weight excluding hydrogens is 162 g/mol. The van der Waals surface area contributed by atoms with Crippen LogP contribution in [0.4, 0.5) is 0 Å². The van der Waals surface area contributed by atoms with Crippen molar-refractivity contribution >= 4 is 0 Å². The van der Waals surface area contributed by atoms with Gasteiger partial charge in [0.05, 0.1) is 5.69 Å². The van der Waals surface area contributed by atoms with Crippen LogP contribution in [0.2, 0.25) is 0 Å². The minimum Gasteiger partial charge on any atom is -0.334 e. The number of hydrogen-bond acceptors (Lipinski definition) is 2. The number of nitrogens with one attached hydrogen (secondary N) is 1. The first-order valence-electron chi connectivity index (χ1n) is 4.79. The first-order valence-corrected chi connectivity index (χ1v) is 4.79. The fourth-order valence-electron chi connectivity index (χ4n) is 1.39. The van der Waals surface area contributed by atoms with E-state index in [9.17, 15) is 0 Å². The van der Waals surface area contributed by atoms with Crippen LogP contribution in [-0.2, 0) is 20.0 Å². The molecule has 0 saturated heterocycles. The van der Waals surface area contributed by atoms with Crippen LogP contribution in [0, 0.1) is 5.92 Å². The molecule has 0 aromatic carbocycles. The standard InChI is InChI=1S/C10H19N3/c1-8(2)5-10-12-7-9(6-11-3)13(10)4/h7-8,11H,5-6H2,1-4H3. The smallest absolute Gasteiger partial charge is 0.108 e. The average Bonchev–Trinajstić information content (AvgIpc) is 2.36. The normalized spacial score (nSPS) is 11.2. The van der Waals surface area contributed by atoms with Gasteiger partial charge < -0.3 is 9.88 Å². The maximum atomic E-state index is 4.40. The zero-order valence-corrected chi connectivity index (χ0v) is 8.96. The van der Waals surface area contributed by atoms with Gasteiger partial charge in [-0.05, 0) is 13.0 Å². The number of imidazole rings is 1. The second-order valence-corrected chi connectivity index (χ2v) is 3.85. The van der Waals surface area contributed by atoms with Gasteiger partial charge in [-0.1, -0.05) is 13.8 Å². The molecule has 1 rings (SSSR count). The molecule has 0 unspecified atom stereocenters. The Morgan fingerprint density at radius 1 is 1.54 bits per heavy atom. The molecule has 0 saturated carbocycles. The van der Waals surface area contributed by atoms with Crippen LogP contribution in [0.25, 0.3) is 0 Å². The van der Waals surface area contributed by atoms with Crippen molar-refractivity contribution in [2.75, 3.05) is 7.05 Å². The summed E-state index contributed by atoms with van der Waals surface area (Å²) in [4.78, 5) is 4.40. The molecule has 74 valence electrons. The van der Waals surface area contributed by atoms with Gasteiger partial charge in [-0.2, -0.15) is 0 Å². The van der Waals surface area contributed by atoms with Crippen molar-refractivity contribution < 1.29 is 0 Å². The lowest BCUT2D eigenvalue weighted by Crippen LogP contribution is -2.11. The Hall–Kier alpha value is -0.830. The van der Waals surface area contributed by atoms with E-state index in [1.165, 1.54) is 11.5 Å². The minimum atomic E-state index is 0.670. The molecule has 3 heteroatoms. The van der Waals surface area contributed by atoms with E-state index in [0.29, 0.717) is 5.92 Å². The van der Waals surface area contributed by atoms with Crippen molar-refractivity contribution in [3.8, 4) is 0 Å². The van der Waals surface area contributed by atoms with E-state index in [2.05, 4.69) is 35.8 Å². The van der Waals surface area contributed by atoms with Crippen LogP contribution in [-0.4, -0.2) is 16.6 Å². The van der Waals surface area contributed by atoms with E-state index in [1.807, 2.05) is 13.2 Å². The van der Waals surface area contributed by atoms with E-state index >= 15 is 0 Å². The maximum absolute atomic E-state index is 4.40. The fourth-order valence-corrected chi connectivity index (χ4v) is 1.39. The monoisotopic (exact) mass is 181 g/mol. The predicted molar refractivity (Wildman–Crippen MR) is 54.5 cm³/mol. The molecule has 1 N–H and O–H groups in total. The van der Waals surface area contributed by atoms with Gasteiger partial charge >= 0.3 is 0 Å². The Balaban J connectivity index is 2.74. The lowest BCUT2D eigenvalue weighted by molar-refractivity contribution is 0.593. The summed E-state index contributed by atoms with van der Waals surface area (Å²) in [5.41, 5.74) is 1.25. The molecule has 3 nitrogen and oxygen atoms in total. The maximum Gasteiger partial charge on any atom is 0.108 e. The van der Waals surface area contributed by atoms with Gasteiger partial charge in [-0.3, -0.25) is 0 Å². The molecule has 0 aliphatic carbocycles. The van der Waals surface area contributed by atoms with Crippen LogP contribution in [0.1, 0.15) is 25.4 Å². The van der Waals surface area contributed by atoms with Crippen molar-refractivity contribution in [2.45, 2.75) is 26.8 Å².